The normalized spacial score (nSPS) is 17.1. The summed E-state index contributed by atoms with van der Waals surface area (Å²) in [6, 6.07) is 16.5. The predicted molar refractivity (Wildman–Crippen MR) is 147 cm³/mol. The van der Waals surface area contributed by atoms with Crippen molar-refractivity contribution in [2.45, 2.75) is 40.2 Å². The number of carbonyl (C=O) groups excluding carboxylic acids is 2. The fraction of sp³-hybridized carbons (Fsp3) is 0.233. The molecule has 0 spiro atoms. The van der Waals surface area contributed by atoms with Crippen LogP contribution in [0.3, 0.4) is 0 Å². The number of Topliss-reactive ketones (excluding diaryl/α,β-unsaturated/α-hetero) is 1. The summed E-state index contributed by atoms with van der Waals surface area (Å²) in [4.78, 5) is 33.3. The van der Waals surface area contributed by atoms with Crippen molar-refractivity contribution >= 4 is 44.1 Å². The molecule has 1 aromatic heterocycles. The van der Waals surface area contributed by atoms with Gasteiger partial charge in [-0.15, -0.1) is 0 Å². The van der Waals surface area contributed by atoms with Gasteiger partial charge in [-0.25, -0.2) is 4.98 Å². The van der Waals surface area contributed by atoms with Crippen LogP contribution in [-0.4, -0.2) is 28.9 Å². The molecule has 0 bridgehead atoms. The summed E-state index contributed by atoms with van der Waals surface area (Å²) in [7, 11) is 1.59. The Morgan fingerprint density at radius 2 is 1.84 bits per heavy atom. The summed E-state index contributed by atoms with van der Waals surface area (Å²) in [5.41, 5.74) is 5.75. The highest BCUT2D eigenvalue weighted by atomic mass is 32.1. The number of thiazole rings is 1. The van der Waals surface area contributed by atoms with Crippen molar-refractivity contribution in [2.24, 2.45) is 0 Å². The first kappa shape index (κ1) is 24.7. The Kier molecular flexibility index (Phi) is 6.33. The van der Waals surface area contributed by atoms with Gasteiger partial charge in [0.15, 0.2) is 5.13 Å². The van der Waals surface area contributed by atoms with Gasteiger partial charge >= 0.3 is 5.91 Å². The van der Waals surface area contributed by atoms with E-state index < -0.39 is 17.7 Å². The minimum absolute atomic E-state index is 0.0526. The molecule has 7 heteroatoms. The van der Waals surface area contributed by atoms with Gasteiger partial charge in [0.1, 0.15) is 11.5 Å². The first-order chi connectivity index (χ1) is 17.7. The number of rotatable bonds is 5. The van der Waals surface area contributed by atoms with Gasteiger partial charge in [-0.2, -0.15) is 0 Å². The number of ether oxygens (including phenoxy) is 1. The Morgan fingerprint density at radius 3 is 2.54 bits per heavy atom. The molecule has 0 aliphatic carbocycles. The van der Waals surface area contributed by atoms with E-state index in [9.17, 15) is 14.7 Å². The molecule has 37 heavy (non-hydrogen) atoms. The summed E-state index contributed by atoms with van der Waals surface area (Å²) in [6.07, 6.45) is 0.887. The highest BCUT2D eigenvalue weighted by Gasteiger charge is 2.48. The van der Waals surface area contributed by atoms with Crippen LogP contribution in [-0.2, 0) is 16.0 Å². The number of hydrogen-bond donors (Lipinski definition) is 1. The Hall–Kier alpha value is -3.97. The van der Waals surface area contributed by atoms with E-state index in [1.54, 1.807) is 13.2 Å². The molecule has 1 unspecified atom stereocenters. The fourth-order valence-electron chi connectivity index (χ4n) is 4.88. The molecule has 188 valence electrons. The standard InChI is InChI=1S/C30H28N2O4S/c1-6-19-10-11-22-24(15-19)37-30(31-22)32-26(20-9-7-8-16(2)12-20)25(28(34)29(32)35)27(33)21-13-18(4)23(36-5)14-17(21)3/h7-15,26,33H,6H2,1-5H3/b27-25+. The van der Waals surface area contributed by atoms with E-state index in [2.05, 4.69) is 13.0 Å². The molecule has 2 heterocycles. The molecule has 0 saturated carbocycles. The van der Waals surface area contributed by atoms with Gasteiger partial charge in [0.25, 0.3) is 5.78 Å². The molecule has 1 aliphatic heterocycles. The third-order valence-electron chi connectivity index (χ3n) is 6.86. The van der Waals surface area contributed by atoms with Crippen molar-refractivity contribution < 1.29 is 19.4 Å². The molecule has 4 aromatic rings. The molecule has 1 amide bonds. The number of aromatic nitrogens is 1. The lowest BCUT2D eigenvalue weighted by molar-refractivity contribution is -0.132. The number of amides is 1. The predicted octanol–water partition coefficient (Wildman–Crippen LogP) is 6.42. The molecule has 1 N–H and O–H groups in total. The van der Waals surface area contributed by atoms with Gasteiger partial charge in [-0.05, 0) is 73.7 Å². The summed E-state index contributed by atoms with van der Waals surface area (Å²) in [6.45, 7) is 7.75. The highest BCUT2D eigenvalue weighted by Crippen LogP contribution is 2.45. The van der Waals surface area contributed by atoms with Crippen LogP contribution in [0.2, 0.25) is 0 Å². The summed E-state index contributed by atoms with van der Waals surface area (Å²) < 4.78 is 6.36. The third kappa shape index (κ3) is 4.19. The second kappa shape index (κ2) is 9.48. The Balaban J connectivity index is 1.74. The topological polar surface area (TPSA) is 79.7 Å². The molecule has 0 radical (unpaired) electrons. The first-order valence-corrected chi connectivity index (χ1v) is 13.0. The zero-order valence-electron chi connectivity index (χ0n) is 21.5. The van der Waals surface area contributed by atoms with E-state index in [-0.39, 0.29) is 11.3 Å². The number of ketones is 1. The number of aryl methyl sites for hydroxylation is 4. The SMILES string of the molecule is CCc1ccc2nc(N3C(=O)C(=O)/C(=C(/O)c4cc(C)c(OC)cc4C)C3c3cccc(C)c3)sc2c1. The number of hydrogen-bond acceptors (Lipinski definition) is 6. The zero-order valence-corrected chi connectivity index (χ0v) is 22.3. The summed E-state index contributed by atoms with van der Waals surface area (Å²) in [5.74, 6) is -0.952. The van der Waals surface area contributed by atoms with Gasteiger partial charge in [-0.3, -0.25) is 14.5 Å². The van der Waals surface area contributed by atoms with Crippen LogP contribution in [0.1, 0.15) is 46.3 Å². The van der Waals surface area contributed by atoms with Crippen LogP contribution >= 0.6 is 11.3 Å². The first-order valence-electron chi connectivity index (χ1n) is 12.2. The number of aliphatic hydroxyl groups is 1. The molecule has 1 atom stereocenters. The van der Waals surface area contributed by atoms with Gasteiger partial charge in [-0.1, -0.05) is 54.2 Å². The van der Waals surface area contributed by atoms with Crippen LogP contribution in [0.5, 0.6) is 5.75 Å². The van der Waals surface area contributed by atoms with Gasteiger partial charge in [0.05, 0.1) is 28.9 Å². The van der Waals surface area contributed by atoms with Crippen molar-refractivity contribution in [3.05, 3.63) is 93.6 Å². The molecule has 1 fully saturated rings. The van der Waals surface area contributed by atoms with E-state index in [1.165, 1.54) is 21.8 Å². The van der Waals surface area contributed by atoms with Crippen molar-refractivity contribution in [3.63, 3.8) is 0 Å². The van der Waals surface area contributed by atoms with Crippen molar-refractivity contribution in [1.82, 2.24) is 4.98 Å². The van der Waals surface area contributed by atoms with Gasteiger partial charge in [0.2, 0.25) is 0 Å². The Morgan fingerprint density at radius 1 is 1.05 bits per heavy atom. The van der Waals surface area contributed by atoms with Crippen LogP contribution in [0.4, 0.5) is 5.13 Å². The molecule has 6 nitrogen and oxygen atoms in total. The molecule has 5 rings (SSSR count). The number of benzene rings is 3. The van der Waals surface area contributed by atoms with E-state index in [0.717, 1.165) is 38.9 Å². The number of anilines is 1. The smallest absolute Gasteiger partial charge is 0.301 e. The molecule has 1 saturated heterocycles. The quantitative estimate of drug-likeness (QED) is 0.190. The molecule has 3 aromatic carbocycles. The largest absolute Gasteiger partial charge is 0.507 e. The number of nitrogens with zero attached hydrogens (tertiary/aromatic N) is 2. The van der Waals surface area contributed by atoms with Gasteiger partial charge < -0.3 is 9.84 Å². The second-order valence-corrected chi connectivity index (χ2v) is 10.4. The molecular weight excluding hydrogens is 484 g/mol. The van der Waals surface area contributed by atoms with Crippen LogP contribution in [0.15, 0.2) is 60.2 Å². The van der Waals surface area contributed by atoms with Crippen molar-refractivity contribution in [3.8, 4) is 5.75 Å². The maximum atomic E-state index is 13.6. The zero-order chi connectivity index (χ0) is 26.4. The van der Waals surface area contributed by atoms with Crippen LogP contribution < -0.4 is 9.64 Å². The summed E-state index contributed by atoms with van der Waals surface area (Å²) in [5, 5.41) is 12.0. The van der Waals surface area contributed by atoms with Crippen LogP contribution in [0.25, 0.3) is 16.0 Å². The number of aliphatic hydroxyl groups excluding tert-OH is 1. The number of fused-ring (bicyclic) bond motifs is 1. The second-order valence-electron chi connectivity index (χ2n) is 9.37. The van der Waals surface area contributed by atoms with Crippen LogP contribution in [0, 0.1) is 20.8 Å². The van der Waals surface area contributed by atoms with E-state index in [4.69, 9.17) is 9.72 Å². The maximum Gasteiger partial charge on any atom is 0.301 e. The fourth-order valence-corrected chi connectivity index (χ4v) is 5.93. The minimum Gasteiger partial charge on any atom is -0.507 e. The van der Waals surface area contributed by atoms with E-state index in [1.807, 2.05) is 63.2 Å². The summed E-state index contributed by atoms with van der Waals surface area (Å²) >= 11 is 1.37. The average molecular weight is 513 g/mol. The number of carbonyl (C=O) groups is 2. The van der Waals surface area contributed by atoms with E-state index >= 15 is 0 Å². The Labute approximate surface area is 219 Å². The minimum atomic E-state index is -0.812. The average Bonchev–Trinajstić information content (AvgIpc) is 3.42. The molecular formula is C30H28N2O4S. The maximum absolute atomic E-state index is 13.6. The number of methoxy groups -OCH3 is 1. The van der Waals surface area contributed by atoms with Crippen molar-refractivity contribution in [2.75, 3.05) is 12.0 Å². The highest BCUT2D eigenvalue weighted by molar-refractivity contribution is 7.22. The lowest BCUT2D eigenvalue weighted by Crippen LogP contribution is -2.29. The van der Waals surface area contributed by atoms with Gasteiger partial charge in [0, 0.05) is 5.56 Å². The molecule has 1 aliphatic rings. The lowest BCUT2D eigenvalue weighted by atomic mass is 9.92. The monoisotopic (exact) mass is 512 g/mol. The third-order valence-corrected chi connectivity index (χ3v) is 7.87. The Bertz CT molecular complexity index is 1600. The lowest BCUT2D eigenvalue weighted by Gasteiger charge is -2.23. The van der Waals surface area contributed by atoms with E-state index in [0.29, 0.717) is 16.4 Å². The van der Waals surface area contributed by atoms with Crippen molar-refractivity contribution in [1.29, 1.82) is 0 Å².